The molecule has 0 fully saturated rings. The van der Waals surface area contributed by atoms with Crippen molar-refractivity contribution in [2.75, 3.05) is 0 Å². The summed E-state index contributed by atoms with van der Waals surface area (Å²) < 4.78 is 2.79. The number of hydrogen-bond donors (Lipinski definition) is 1. The van der Waals surface area contributed by atoms with Gasteiger partial charge >= 0.3 is 5.97 Å². The predicted octanol–water partition coefficient (Wildman–Crippen LogP) is 3.18. The Morgan fingerprint density at radius 3 is 2.58 bits per heavy atom. The summed E-state index contributed by atoms with van der Waals surface area (Å²) in [5.74, 6) is -0.791. The predicted molar refractivity (Wildman–Crippen MR) is 77.0 cm³/mol. The molecule has 2 rings (SSSR count). The fraction of sp³-hybridized carbons (Fsp3) is 0.286. The molecule has 0 radical (unpaired) electrons. The molecule has 1 aromatic heterocycles. The first-order chi connectivity index (χ1) is 8.99. The minimum absolute atomic E-state index is 0.114. The average molecular weight is 323 g/mol. The Morgan fingerprint density at radius 1 is 1.37 bits per heavy atom. The first kappa shape index (κ1) is 13.8. The molecule has 0 spiro atoms. The summed E-state index contributed by atoms with van der Waals surface area (Å²) in [4.78, 5) is 10.7. The Balaban J connectivity index is 2.43. The maximum absolute atomic E-state index is 10.7. The molecule has 1 aromatic carbocycles. The number of aliphatic carboxylic acids is 1. The van der Waals surface area contributed by atoms with Gasteiger partial charge in [0.15, 0.2) is 0 Å². The molecule has 5 heteroatoms. The molecule has 1 N–H and O–H groups in total. The topological polar surface area (TPSA) is 55.1 Å². The average Bonchev–Trinajstić information content (AvgIpc) is 2.62. The van der Waals surface area contributed by atoms with Crippen LogP contribution in [0.15, 0.2) is 28.7 Å². The minimum Gasteiger partial charge on any atom is -0.481 e. The van der Waals surface area contributed by atoms with E-state index in [2.05, 4.69) is 21.0 Å². The van der Waals surface area contributed by atoms with Crippen molar-refractivity contribution in [1.29, 1.82) is 0 Å². The van der Waals surface area contributed by atoms with Gasteiger partial charge in [0.2, 0.25) is 0 Å². The molecule has 100 valence electrons. The molecule has 1 heterocycles. The molecule has 0 saturated heterocycles. The van der Waals surface area contributed by atoms with Gasteiger partial charge in [-0.1, -0.05) is 28.1 Å². The van der Waals surface area contributed by atoms with Crippen molar-refractivity contribution in [3.63, 3.8) is 0 Å². The highest BCUT2D eigenvalue weighted by atomic mass is 79.9. The molecule has 19 heavy (non-hydrogen) atoms. The Morgan fingerprint density at radius 2 is 2.00 bits per heavy atom. The Kier molecular flexibility index (Phi) is 4.04. The largest absolute Gasteiger partial charge is 0.481 e. The third-order valence-corrected chi connectivity index (χ3v) is 3.58. The lowest BCUT2D eigenvalue weighted by atomic mass is 10.0. The van der Waals surface area contributed by atoms with E-state index in [0.717, 1.165) is 27.0 Å². The summed E-state index contributed by atoms with van der Waals surface area (Å²) >= 11 is 3.41. The first-order valence-corrected chi connectivity index (χ1v) is 6.78. The SMILES string of the molecule is Cc1nn(C)c(CCC(=O)O)c1-c1ccc(Br)cc1. The molecule has 2 aromatic rings. The molecule has 4 nitrogen and oxygen atoms in total. The fourth-order valence-electron chi connectivity index (χ4n) is 2.21. The Bertz CT molecular complexity index is 603. The van der Waals surface area contributed by atoms with Crippen LogP contribution < -0.4 is 0 Å². The van der Waals surface area contributed by atoms with Crippen LogP contribution in [0, 0.1) is 6.92 Å². The zero-order chi connectivity index (χ0) is 14.0. The second kappa shape index (κ2) is 5.57. The van der Waals surface area contributed by atoms with Crippen molar-refractivity contribution in [3.05, 3.63) is 40.1 Å². The number of halogens is 1. The molecule has 0 amide bonds. The van der Waals surface area contributed by atoms with Gasteiger partial charge in [0, 0.05) is 29.2 Å². The highest BCUT2D eigenvalue weighted by molar-refractivity contribution is 9.10. The lowest BCUT2D eigenvalue weighted by molar-refractivity contribution is -0.136. The van der Waals surface area contributed by atoms with E-state index in [1.165, 1.54) is 0 Å². The van der Waals surface area contributed by atoms with Crippen molar-refractivity contribution >= 4 is 21.9 Å². The summed E-state index contributed by atoms with van der Waals surface area (Å²) in [5.41, 5.74) is 3.98. The van der Waals surface area contributed by atoms with Crippen molar-refractivity contribution in [2.45, 2.75) is 19.8 Å². The quantitative estimate of drug-likeness (QED) is 0.940. The van der Waals surface area contributed by atoms with Gasteiger partial charge < -0.3 is 5.11 Å². The maximum Gasteiger partial charge on any atom is 0.303 e. The van der Waals surface area contributed by atoms with Gasteiger partial charge in [-0.05, 0) is 24.6 Å². The normalized spacial score (nSPS) is 10.7. The maximum atomic E-state index is 10.7. The lowest BCUT2D eigenvalue weighted by Crippen LogP contribution is -2.04. The highest BCUT2D eigenvalue weighted by Gasteiger charge is 2.15. The van der Waals surface area contributed by atoms with E-state index in [1.54, 1.807) is 4.68 Å². The van der Waals surface area contributed by atoms with E-state index in [9.17, 15) is 4.79 Å². The van der Waals surface area contributed by atoms with E-state index >= 15 is 0 Å². The molecule has 0 aliphatic carbocycles. The van der Waals surface area contributed by atoms with Crippen molar-refractivity contribution < 1.29 is 9.90 Å². The number of carboxylic acids is 1. The standard InChI is InChI=1S/C14H15BrN2O2/c1-9-14(10-3-5-11(15)6-4-10)12(17(2)16-9)7-8-13(18)19/h3-6H,7-8H2,1-2H3,(H,18,19). The number of carbonyl (C=O) groups is 1. The van der Waals surface area contributed by atoms with E-state index in [-0.39, 0.29) is 6.42 Å². The van der Waals surface area contributed by atoms with E-state index in [1.807, 2.05) is 38.2 Å². The summed E-state index contributed by atoms with van der Waals surface area (Å²) in [6.07, 6.45) is 0.598. The monoisotopic (exact) mass is 322 g/mol. The van der Waals surface area contributed by atoms with Crippen LogP contribution in [-0.4, -0.2) is 20.9 Å². The lowest BCUT2D eigenvalue weighted by Gasteiger charge is -2.06. The smallest absolute Gasteiger partial charge is 0.303 e. The van der Waals surface area contributed by atoms with Gasteiger partial charge in [0.05, 0.1) is 12.1 Å². The van der Waals surface area contributed by atoms with Crippen LogP contribution in [0.5, 0.6) is 0 Å². The Labute approximate surface area is 120 Å². The van der Waals surface area contributed by atoms with Crippen molar-refractivity contribution in [3.8, 4) is 11.1 Å². The Hall–Kier alpha value is -1.62. The van der Waals surface area contributed by atoms with E-state index in [4.69, 9.17) is 5.11 Å². The van der Waals surface area contributed by atoms with Crippen LogP contribution in [-0.2, 0) is 18.3 Å². The van der Waals surface area contributed by atoms with Crippen LogP contribution in [0.3, 0.4) is 0 Å². The van der Waals surface area contributed by atoms with Gasteiger partial charge in [0.25, 0.3) is 0 Å². The van der Waals surface area contributed by atoms with Crippen LogP contribution in [0.1, 0.15) is 17.8 Å². The van der Waals surface area contributed by atoms with Gasteiger partial charge in [-0.3, -0.25) is 9.48 Å². The van der Waals surface area contributed by atoms with Crippen LogP contribution in [0.2, 0.25) is 0 Å². The second-order valence-corrected chi connectivity index (χ2v) is 5.35. The molecule has 0 unspecified atom stereocenters. The third-order valence-electron chi connectivity index (χ3n) is 3.05. The highest BCUT2D eigenvalue weighted by Crippen LogP contribution is 2.29. The second-order valence-electron chi connectivity index (χ2n) is 4.43. The van der Waals surface area contributed by atoms with Gasteiger partial charge in [0.1, 0.15) is 0 Å². The van der Waals surface area contributed by atoms with E-state index in [0.29, 0.717) is 6.42 Å². The number of aryl methyl sites for hydroxylation is 2. The van der Waals surface area contributed by atoms with Crippen LogP contribution >= 0.6 is 15.9 Å². The molecule has 0 atom stereocenters. The van der Waals surface area contributed by atoms with Crippen molar-refractivity contribution in [2.24, 2.45) is 7.05 Å². The number of carboxylic acid groups (broad SMARTS) is 1. The molecule has 0 saturated carbocycles. The number of hydrogen-bond acceptors (Lipinski definition) is 2. The zero-order valence-corrected chi connectivity index (χ0v) is 12.4. The first-order valence-electron chi connectivity index (χ1n) is 5.99. The summed E-state index contributed by atoms with van der Waals surface area (Å²) in [7, 11) is 1.85. The number of aromatic nitrogens is 2. The van der Waals surface area contributed by atoms with Gasteiger partial charge in [-0.2, -0.15) is 5.10 Å². The molecule has 0 bridgehead atoms. The summed E-state index contributed by atoms with van der Waals surface area (Å²) in [6.45, 7) is 1.95. The molecule has 0 aliphatic heterocycles. The molecular formula is C14H15BrN2O2. The third kappa shape index (κ3) is 3.04. The number of benzene rings is 1. The minimum atomic E-state index is -0.791. The fourth-order valence-corrected chi connectivity index (χ4v) is 2.47. The molecule has 0 aliphatic rings. The number of nitrogens with zero attached hydrogens (tertiary/aromatic N) is 2. The van der Waals surface area contributed by atoms with Crippen molar-refractivity contribution in [1.82, 2.24) is 9.78 Å². The van der Waals surface area contributed by atoms with E-state index < -0.39 is 5.97 Å². The van der Waals surface area contributed by atoms with Gasteiger partial charge in [-0.15, -0.1) is 0 Å². The molecular weight excluding hydrogens is 308 g/mol. The summed E-state index contributed by atoms with van der Waals surface area (Å²) in [6, 6.07) is 7.97. The van der Waals surface area contributed by atoms with Crippen LogP contribution in [0.4, 0.5) is 0 Å². The summed E-state index contributed by atoms with van der Waals surface area (Å²) in [5, 5.41) is 13.2. The van der Waals surface area contributed by atoms with Gasteiger partial charge in [-0.25, -0.2) is 0 Å². The zero-order valence-electron chi connectivity index (χ0n) is 10.9. The number of rotatable bonds is 4. The van der Waals surface area contributed by atoms with Crippen LogP contribution in [0.25, 0.3) is 11.1 Å².